The Balaban J connectivity index is 1.32. The quantitative estimate of drug-likeness (QED) is 0.348. The fourth-order valence-electron chi connectivity index (χ4n) is 3.51. The van der Waals surface area contributed by atoms with E-state index in [-0.39, 0.29) is 24.2 Å². The maximum absolute atomic E-state index is 14.3. The van der Waals surface area contributed by atoms with Gasteiger partial charge in [-0.2, -0.15) is 13.8 Å². The minimum atomic E-state index is -4.09. The van der Waals surface area contributed by atoms with Crippen molar-refractivity contribution in [1.29, 1.82) is 0 Å². The molecule has 0 fully saturated rings. The van der Waals surface area contributed by atoms with Crippen molar-refractivity contribution >= 4 is 22.8 Å². The number of pyridine rings is 1. The van der Waals surface area contributed by atoms with E-state index in [0.717, 1.165) is 5.52 Å². The highest BCUT2D eigenvalue weighted by molar-refractivity contribution is 5.94. The van der Waals surface area contributed by atoms with Crippen LogP contribution in [0.15, 0.2) is 85.2 Å². The molecular weight excluding hydrogens is 470 g/mol. The number of fused-ring (bicyclic) bond motifs is 1. The number of halogens is 2. The van der Waals surface area contributed by atoms with Gasteiger partial charge in [0, 0.05) is 19.4 Å². The maximum Gasteiger partial charge on any atom is 0.482 e. The molecule has 1 N–H and O–H groups in total. The molecule has 9 nitrogen and oxygen atoms in total. The number of benzene rings is 2. The normalized spacial score (nSPS) is 11.4. The van der Waals surface area contributed by atoms with Crippen LogP contribution in [-0.2, 0) is 18.4 Å². The predicted molar refractivity (Wildman–Crippen MR) is 127 cm³/mol. The molecular formula is C25H20F2N6O3. The number of aromatic nitrogens is 5. The molecule has 0 atom stereocenters. The third kappa shape index (κ3) is 4.71. The van der Waals surface area contributed by atoms with Crippen LogP contribution in [0.2, 0.25) is 0 Å². The van der Waals surface area contributed by atoms with Crippen molar-refractivity contribution in [2.24, 2.45) is 7.05 Å². The van der Waals surface area contributed by atoms with Crippen molar-refractivity contribution in [3.63, 3.8) is 0 Å². The van der Waals surface area contributed by atoms with Crippen molar-refractivity contribution in [1.82, 2.24) is 24.1 Å². The summed E-state index contributed by atoms with van der Waals surface area (Å²) < 4.78 is 42.6. The van der Waals surface area contributed by atoms with Crippen LogP contribution in [0.5, 0.6) is 11.8 Å². The molecule has 5 rings (SSSR count). The van der Waals surface area contributed by atoms with Crippen LogP contribution >= 0.6 is 0 Å². The minimum absolute atomic E-state index is 0.0334. The number of hydrogen-bond acceptors (Lipinski definition) is 6. The van der Waals surface area contributed by atoms with Gasteiger partial charge in [0.15, 0.2) is 0 Å². The second kappa shape index (κ2) is 9.45. The van der Waals surface area contributed by atoms with Crippen molar-refractivity contribution in [3.05, 3.63) is 90.9 Å². The van der Waals surface area contributed by atoms with Crippen molar-refractivity contribution in [2.45, 2.75) is 12.7 Å². The molecule has 0 aliphatic rings. The lowest BCUT2D eigenvalue weighted by molar-refractivity contribution is -0.187. The molecule has 0 aliphatic carbocycles. The molecule has 2 aromatic carbocycles. The second-order valence-electron chi connectivity index (χ2n) is 7.75. The van der Waals surface area contributed by atoms with Crippen LogP contribution in [0.1, 0.15) is 5.69 Å². The summed E-state index contributed by atoms with van der Waals surface area (Å²) in [5.41, 5.74) is 1.90. The van der Waals surface area contributed by atoms with Gasteiger partial charge in [0.2, 0.25) is 5.95 Å². The van der Waals surface area contributed by atoms with Crippen LogP contribution in [0.3, 0.4) is 0 Å². The lowest BCUT2D eigenvalue weighted by atomic mass is 10.3. The van der Waals surface area contributed by atoms with Crippen molar-refractivity contribution in [2.75, 3.05) is 5.32 Å². The number of anilines is 1. The van der Waals surface area contributed by atoms with Gasteiger partial charge in [-0.05, 0) is 36.4 Å². The molecule has 3 heterocycles. The molecule has 0 bridgehead atoms. The molecule has 11 heteroatoms. The zero-order chi connectivity index (χ0) is 25.1. The molecule has 0 radical (unpaired) electrons. The topological polar surface area (TPSA) is 96.1 Å². The van der Waals surface area contributed by atoms with Crippen LogP contribution in [0.4, 0.5) is 14.6 Å². The highest BCUT2D eigenvalue weighted by Gasteiger charge is 2.42. The number of amides is 1. The number of para-hydroxylation sites is 3. The molecule has 0 aliphatic heterocycles. The van der Waals surface area contributed by atoms with E-state index in [1.807, 2.05) is 35.9 Å². The number of rotatable bonds is 8. The number of imidazole rings is 2. The maximum atomic E-state index is 14.3. The monoisotopic (exact) mass is 490 g/mol. The standard InChI is InChI=1S/C25H20F2N6O3/c1-32-15-14-28-23(32)33-20-12-6-5-11-19(20)30-24(33)35-16-17-8-7-13-21(29-17)31-22(34)25(26,27)36-18-9-3-2-4-10-18/h2-15H,16H2,1H3,(H,29,31,34). The molecule has 36 heavy (non-hydrogen) atoms. The Morgan fingerprint density at radius 3 is 2.56 bits per heavy atom. The number of carbonyl (C=O) groups excluding carboxylic acids is 1. The lowest BCUT2D eigenvalue weighted by Crippen LogP contribution is -2.40. The summed E-state index contributed by atoms with van der Waals surface area (Å²) in [7, 11) is 1.85. The van der Waals surface area contributed by atoms with Crippen LogP contribution < -0.4 is 14.8 Å². The lowest BCUT2D eigenvalue weighted by Gasteiger charge is -2.17. The van der Waals surface area contributed by atoms with Gasteiger partial charge >= 0.3 is 18.0 Å². The van der Waals surface area contributed by atoms with Crippen molar-refractivity contribution in [3.8, 4) is 17.7 Å². The van der Waals surface area contributed by atoms with Gasteiger partial charge in [0.05, 0.1) is 16.7 Å². The minimum Gasteiger partial charge on any atom is -0.458 e. The molecule has 5 aromatic rings. The third-order valence-corrected chi connectivity index (χ3v) is 5.18. The summed E-state index contributed by atoms with van der Waals surface area (Å²) in [6.07, 6.45) is -0.625. The van der Waals surface area contributed by atoms with E-state index in [1.165, 1.54) is 30.3 Å². The van der Waals surface area contributed by atoms with Gasteiger partial charge in [-0.15, -0.1) is 0 Å². The summed E-state index contributed by atoms with van der Waals surface area (Å²) >= 11 is 0. The first-order chi connectivity index (χ1) is 17.4. The largest absolute Gasteiger partial charge is 0.482 e. The molecule has 1 amide bonds. The Labute approximate surface area is 204 Å². The van der Waals surface area contributed by atoms with Gasteiger partial charge in [-0.25, -0.2) is 14.5 Å². The van der Waals surface area contributed by atoms with Crippen LogP contribution in [0, 0.1) is 0 Å². The van der Waals surface area contributed by atoms with E-state index in [1.54, 1.807) is 35.2 Å². The second-order valence-corrected chi connectivity index (χ2v) is 7.75. The zero-order valence-corrected chi connectivity index (χ0v) is 19.0. The van der Waals surface area contributed by atoms with Gasteiger partial charge in [0.1, 0.15) is 18.2 Å². The number of hydrogen-bond donors (Lipinski definition) is 1. The van der Waals surface area contributed by atoms with E-state index >= 15 is 0 Å². The fourth-order valence-corrected chi connectivity index (χ4v) is 3.51. The van der Waals surface area contributed by atoms with E-state index in [2.05, 4.69) is 25.0 Å². The van der Waals surface area contributed by atoms with E-state index in [0.29, 0.717) is 17.2 Å². The van der Waals surface area contributed by atoms with E-state index in [9.17, 15) is 13.6 Å². The Bertz CT molecular complexity index is 1520. The number of alkyl halides is 2. The summed E-state index contributed by atoms with van der Waals surface area (Å²) in [4.78, 5) is 25.3. The van der Waals surface area contributed by atoms with E-state index < -0.39 is 12.0 Å². The molecule has 0 unspecified atom stereocenters. The summed E-state index contributed by atoms with van der Waals surface area (Å²) in [6.45, 7) is -0.0334. The Kier molecular flexibility index (Phi) is 6.03. The average Bonchev–Trinajstić information content (AvgIpc) is 3.45. The zero-order valence-electron chi connectivity index (χ0n) is 19.0. The molecule has 182 valence electrons. The average molecular weight is 490 g/mol. The highest BCUT2D eigenvalue weighted by atomic mass is 19.3. The number of carbonyl (C=O) groups is 1. The smallest absolute Gasteiger partial charge is 0.458 e. The summed E-state index contributed by atoms with van der Waals surface area (Å²) in [5, 5.41) is 2.09. The van der Waals surface area contributed by atoms with Gasteiger partial charge in [0.25, 0.3) is 0 Å². The number of nitrogens with one attached hydrogen (secondary N) is 1. The molecule has 0 saturated carbocycles. The van der Waals surface area contributed by atoms with Gasteiger partial charge < -0.3 is 19.4 Å². The third-order valence-electron chi connectivity index (χ3n) is 5.18. The fraction of sp³-hybridized carbons (Fsp3) is 0.120. The molecule has 0 spiro atoms. The van der Waals surface area contributed by atoms with Crippen LogP contribution in [-0.4, -0.2) is 36.1 Å². The summed E-state index contributed by atoms with van der Waals surface area (Å²) in [5.74, 6) is -1.25. The first kappa shape index (κ1) is 23.0. The first-order valence-electron chi connectivity index (χ1n) is 10.9. The SMILES string of the molecule is Cn1ccnc1-n1c(OCc2cccc(NC(=O)C(F)(F)Oc3ccccc3)n2)nc2ccccc21. The van der Waals surface area contributed by atoms with Crippen molar-refractivity contribution < 1.29 is 23.0 Å². The molecule has 0 saturated heterocycles. The summed E-state index contributed by atoms with van der Waals surface area (Å²) in [6, 6.07) is 19.7. The first-order valence-corrected chi connectivity index (χ1v) is 10.9. The predicted octanol–water partition coefficient (Wildman–Crippen LogP) is 4.34. The Morgan fingerprint density at radius 1 is 1.00 bits per heavy atom. The van der Waals surface area contributed by atoms with Gasteiger partial charge in [-0.1, -0.05) is 36.4 Å². The Morgan fingerprint density at radius 2 is 1.78 bits per heavy atom. The number of ether oxygens (including phenoxy) is 2. The highest BCUT2D eigenvalue weighted by Crippen LogP contribution is 2.26. The van der Waals surface area contributed by atoms with Crippen LogP contribution in [0.25, 0.3) is 17.0 Å². The van der Waals surface area contributed by atoms with E-state index in [4.69, 9.17) is 4.74 Å². The number of aryl methyl sites for hydroxylation is 1. The number of nitrogens with zero attached hydrogens (tertiary/aromatic N) is 5. The Hall–Kier alpha value is -4.80. The van der Waals surface area contributed by atoms with Gasteiger partial charge in [-0.3, -0.25) is 4.79 Å². The molecule has 3 aromatic heterocycles.